The summed E-state index contributed by atoms with van der Waals surface area (Å²) < 4.78 is 0. The van der Waals surface area contributed by atoms with Crippen LogP contribution in [0.25, 0.3) is 0 Å². The predicted octanol–water partition coefficient (Wildman–Crippen LogP) is 3.28. The molecule has 1 fully saturated rings. The quantitative estimate of drug-likeness (QED) is 0.818. The summed E-state index contributed by atoms with van der Waals surface area (Å²) in [5.41, 5.74) is 0. The normalized spacial score (nSPS) is 38.8. The Morgan fingerprint density at radius 1 is 1.38 bits per heavy atom. The van der Waals surface area contributed by atoms with E-state index in [0.29, 0.717) is 6.04 Å². The molecule has 1 aliphatic heterocycles. The maximum Gasteiger partial charge on any atom is 0.157 e. The van der Waals surface area contributed by atoms with Crippen molar-refractivity contribution in [1.29, 1.82) is 0 Å². The molecule has 0 aromatic carbocycles. The highest BCUT2D eigenvalue weighted by atomic mass is 32.2. The van der Waals surface area contributed by atoms with E-state index in [0.717, 1.165) is 23.6 Å². The summed E-state index contributed by atoms with van der Waals surface area (Å²) >= 11 is 1.96. The summed E-state index contributed by atoms with van der Waals surface area (Å²) in [4.78, 5) is 4.63. The van der Waals surface area contributed by atoms with Gasteiger partial charge in [0.25, 0.3) is 0 Å². The molecule has 92 valence electrons. The van der Waals surface area contributed by atoms with Crippen molar-refractivity contribution in [2.24, 2.45) is 16.8 Å². The molecular formula is C13H24N2S. The van der Waals surface area contributed by atoms with Crippen LogP contribution < -0.4 is 5.32 Å². The molecule has 1 N–H and O–H groups in total. The van der Waals surface area contributed by atoms with Gasteiger partial charge in [-0.05, 0) is 31.1 Å². The van der Waals surface area contributed by atoms with Crippen molar-refractivity contribution in [2.75, 3.05) is 6.54 Å². The fourth-order valence-electron chi connectivity index (χ4n) is 2.70. The second-order valence-corrected chi connectivity index (χ2v) is 6.63. The molecule has 16 heavy (non-hydrogen) atoms. The van der Waals surface area contributed by atoms with Gasteiger partial charge in [-0.2, -0.15) is 0 Å². The Balaban J connectivity index is 1.79. The second kappa shape index (κ2) is 5.44. The van der Waals surface area contributed by atoms with Crippen LogP contribution in [0.5, 0.6) is 0 Å². The van der Waals surface area contributed by atoms with E-state index in [1.165, 1.54) is 30.9 Å². The van der Waals surface area contributed by atoms with E-state index in [9.17, 15) is 0 Å². The molecule has 0 aromatic rings. The van der Waals surface area contributed by atoms with E-state index in [4.69, 9.17) is 0 Å². The van der Waals surface area contributed by atoms with Crippen LogP contribution in [0.4, 0.5) is 0 Å². The average Bonchev–Trinajstić information content (AvgIpc) is 2.82. The van der Waals surface area contributed by atoms with Crippen LogP contribution in [0.2, 0.25) is 0 Å². The molecule has 4 atom stereocenters. The zero-order valence-corrected chi connectivity index (χ0v) is 11.5. The Hall–Kier alpha value is -0.180. The lowest BCUT2D eigenvalue weighted by atomic mass is 9.98. The van der Waals surface area contributed by atoms with Gasteiger partial charge < -0.3 is 5.32 Å². The number of aliphatic imine (C=N–C) groups is 1. The van der Waals surface area contributed by atoms with E-state index in [2.05, 4.69) is 31.1 Å². The Morgan fingerprint density at radius 3 is 2.81 bits per heavy atom. The molecule has 1 saturated carbocycles. The van der Waals surface area contributed by atoms with Crippen LogP contribution in [0.1, 0.15) is 46.5 Å². The Kier molecular flexibility index (Phi) is 4.17. The van der Waals surface area contributed by atoms with Crippen LogP contribution in [-0.2, 0) is 0 Å². The Bertz CT molecular complexity index is 265. The minimum atomic E-state index is 0.668. The van der Waals surface area contributed by atoms with Crippen LogP contribution in [0.3, 0.4) is 0 Å². The van der Waals surface area contributed by atoms with Crippen LogP contribution >= 0.6 is 11.8 Å². The van der Waals surface area contributed by atoms with Gasteiger partial charge in [-0.25, -0.2) is 0 Å². The Morgan fingerprint density at radius 2 is 2.19 bits per heavy atom. The van der Waals surface area contributed by atoms with E-state index >= 15 is 0 Å². The van der Waals surface area contributed by atoms with E-state index in [1.54, 1.807) is 0 Å². The van der Waals surface area contributed by atoms with Gasteiger partial charge in [-0.1, -0.05) is 39.0 Å². The maximum absolute atomic E-state index is 4.63. The Labute approximate surface area is 104 Å². The van der Waals surface area contributed by atoms with Gasteiger partial charge in [-0.3, -0.25) is 4.99 Å². The van der Waals surface area contributed by atoms with Crippen molar-refractivity contribution >= 4 is 16.9 Å². The molecule has 0 spiro atoms. The molecule has 2 rings (SSSR count). The topological polar surface area (TPSA) is 24.4 Å². The first-order valence-corrected chi connectivity index (χ1v) is 7.56. The van der Waals surface area contributed by atoms with Crippen molar-refractivity contribution in [3.63, 3.8) is 0 Å². The first kappa shape index (κ1) is 12.3. The summed E-state index contributed by atoms with van der Waals surface area (Å²) in [5, 5.41) is 5.61. The van der Waals surface area contributed by atoms with Gasteiger partial charge in [0.05, 0.1) is 6.54 Å². The van der Waals surface area contributed by atoms with Gasteiger partial charge >= 0.3 is 0 Å². The third kappa shape index (κ3) is 2.73. The van der Waals surface area contributed by atoms with Crippen molar-refractivity contribution < 1.29 is 0 Å². The van der Waals surface area contributed by atoms with Crippen molar-refractivity contribution in [3.05, 3.63) is 0 Å². The number of rotatable bonds is 3. The largest absolute Gasteiger partial charge is 0.362 e. The summed E-state index contributed by atoms with van der Waals surface area (Å²) in [7, 11) is 0. The molecule has 3 heteroatoms. The summed E-state index contributed by atoms with van der Waals surface area (Å²) in [5.74, 6) is 1.67. The number of thioether (sulfide) groups is 1. The second-order valence-electron chi connectivity index (χ2n) is 5.34. The van der Waals surface area contributed by atoms with Crippen molar-refractivity contribution in [2.45, 2.75) is 57.7 Å². The zero-order chi connectivity index (χ0) is 11.5. The summed E-state index contributed by atoms with van der Waals surface area (Å²) in [6, 6.07) is 0.668. The maximum atomic E-state index is 4.63. The minimum Gasteiger partial charge on any atom is -0.362 e. The smallest absolute Gasteiger partial charge is 0.157 e. The molecule has 1 heterocycles. The number of nitrogens with zero attached hydrogens (tertiary/aromatic N) is 1. The number of hydrogen-bond acceptors (Lipinski definition) is 3. The molecule has 0 amide bonds. The summed E-state index contributed by atoms with van der Waals surface area (Å²) in [6.45, 7) is 8.03. The van der Waals surface area contributed by atoms with Crippen LogP contribution in [0.15, 0.2) is 4.99 Å². The highest BCUT2D eigenvalue weighted by Gasteiger charge is 2.31. The first-order valence-electron chi connectivity index (χ1n) is 6.68. The van der Waals surface area contributed by atoms with Crippen LogP contribution in [0, 0.1) is 11.8 Å². The van der Waals surface area contributed by atoms with Gasteiger partial charge in [0.2, 0.25) is 0 Å². The molecule has 2 nitrogen and oxygen atoms in total. The molecule has 1 aliphatic carbocycles. The predicted molar refractivity (Wildman–Crippen MR) is 73.1 cm³/mol. The molecule has 0 radical (unpaired) electrons. The third-order valence-electron chi connectivity index (χ3n) is 4.10. The van der Waals surface area contributed by atoms with Gasteiger partial charge in [0, 0.05) is 11.3 Å². The number of hydrogen-bond donors (Lipinski definition) is 1. The lowest BCUT2D eigenvalue weighted by Gasteiger charge is -2.20. The lowest BCUT2D eigenvalue weighted by Crippen LogP contribution is -2.35. The highest BCUT2D eigenvalue weighted by molar-refractivity contribution is 8.14. The molecule has 0 aromatic heterocycles. The minimum absolute atomic E-state index is 0.668. The molecule has 2 aliphatic rings. The molecular weight excluding hydrogens is 216 g/mol. The van der Waals surface area contributed by atoms with Crippen molar-refractivity contribution in [3.8, 4) is 0 Å². The standard InChI is InChI=1S/C13H24N2S/c1-4-5-11-8-14-13(16-11)15-12-7-6-9(2)10(12)3/h9-12H,4-8H2,1-3H3,(H,14,15). The highest BCUT2D eigenvalue weighted by Crippen LogP contribution is 2.32. The van der Waals surface area contributed by atoms with Gasteiger partial charge in [0.15, 0.2) is 5.17 Å². The monoisotopic (exact) mass is 240 g/mol. The zero-order valence-electron chi connectivity index (χ0n) is 10.7. The van der Waals surface area contributed by atoms with E-state index in [-0.39, 0.29) is 0 Å². The molecule has 0 bridgehead atoms. The number of nitrogens with one attached hydrogen (secondary N) is 1. The first-order chi connectivity index (χ1) is 7.70. The van der Waals surface area contributed by atoms with Crippen molar-refractivity contribution in [1.82, 2.24) is 5.32 Å². The fraction of sp³-hybridized carbons (Fsp3) is 0.923. The molecule has 0 saturated heterocycles. The number of amidine groups is 1. The fourth-order valence-corrected chi connectivity index (χ4v) is 3.88. The van der Waals surface area contributed by atoms with E-state index in [1.807, 2.05) is 11.8 Å². The third-order valence-corrected chi connectivity index (χ3v) is 5.29. The lowest BCUT2D eigenvalue weighted by molar-refractivity contribution is 0.404. The average molecular weight is 240 g/mol. The van der Waals surface area contributed by atoms with Crippen LogP contribution in [-0.4, -0.2) is 23.0 Å². The van der Waals surface area contributed by atoms with Gasteiger partial charge in [0.1, 0.15) is 0 Å². The van der Waals surface area contributed by atoms with E-state index < -0.39 is 0 Å². The SMILES string of the molecule is CCCC1CN=C(NC2CCC(C)C2C)S1. The summed E-state index contributed by atoms with van der Waals surface area (Å²) in [6.07, 6.45) is 5.27. The van der Waals surface area contributed by atoms with Gasteiger partial charge in [-0.15, -0.1) is 0 Å². The molecule has 4 unspecified atom stereocenters.